The van der Waals surface area contributed by atoms with Crippen LogP contribution in [0.5, 0.6) is 0 Å². The molecule has 21 heavy (non-hydrogen) atoms. The minimum atomic E-state index is -3.81. The Morgan fingerprint density at radius 1 is 0.952 bits per heavy atom. The number of aryl methyl sites for hydroxylation is 1. The predicted molar refractivity (Wildman–Crippen MR) is 88.2 cm³/mol. The van der Waals surface area contributed by atoms with Crippen LogP contribution in [0.25, 0.3) is 0 Å². The van der Waals surface area contributed by atoms with Crippen LogP contribution in [-0.2, 0) is 10.0 Å². The second kappa shape index (κ2) is 6.05. The molecule has 0 aliphatic heterocycles. The first kappa shape index (κ1) is 16.4. The summed E-state index contributed by atoms with van der Waals surface area (Å²) in [5.41, 5.74) is 1.27. The SMILES string of the molecule is Cc1cc(Cl)ccc1N(C)S(=O)(=O)c1cc(Cl)ccc1Cl. The third-order valence-electron chi connectivity index (χ3n) is 3.03. The first-order valence-corrected chi connectivity index (χ1v) is 8.51. The number of rotatable bonds is 3. The van der Waals surface area contributed by atoms with Crippen LogP contribution in [0.1, 0.15) is 5.56 Å². The lowest BCUT2D eigenvalue weighted by Gasteiger charge is -2.22. The Morgan fingerprint density at radius 3 is 2.14 bits per heavy atom. The molecule has 2 aromatic rings. The smallest absolute Gasteiger partial charge is 0.265 e. The molecule has 0 radical (unpaired) electrons. The van der Waals surface area contributed by atoms with Crippen LogP contribution in [0.2, 0.25) is 15.1 Å². The van der Waals surface area contributed by atoms with Gasteiger partial charge >= 0.3 is 0 Å². The molecule has 0 aliphatic carbocycles. The van der Waals surface area contributed by atoms with Crippen molar-refractivity contribution in [3.63, 3.8) is 0 Å². The van der Waals surface area contributed by atoms with Crippen molar-refractivity contribution in [1.29, 1.82) is 0 Å². The van der Waals surface area contributed by atoms with Crippen LogP contribution in [0, 0.1) is 6.92 Å². The van der Waals surface area contributed by atoms with E-state index in [9.17, 15) is 8.42 Å². The lowest BCUT2D eigenvalue weighted by molar-refractivity contribution is 0.594. The van der Waals surface area contributed by atoms with Gasteiger partial charge in [0.15, 0.2) is 0 Å². The van der Waals surface area contributed by atoms with Gasteiger partial charge in [0.25, 0.3) is 10.0 Å². The monoisotopic (exact) mass is 363 g/mol. The van der Waals surface area contributed by atoms with Crippen molar-refractivity contribution in [3.05, 3.63) is 57.0 Å². The van der Waals surface area contributed by atoms with Gasteiger partial charge in [0.2, 0.25) is 0 Å². The van der Waals surface area contributed by atoms with Crippen molar-refractivity contribution in [3.8, 4) is 0 Å². The second-order valence-electron chi connectivity index (χ2n) is 4.48. The van der Waals surface area contributed by atoms with E-state index in [0.717, 1.165) is 9.87 Å². The van der Waals surface area contributed by atoms with E-state index in [-0.39, 0.29) is 9.92 Å². The summed E-state index contributed by atoms with van der Waals surface area (Å²) in [5, 5.41) is 0.972. The Kier molecular flexibility index (Phi) is 4.73. The molecule has 0 spiro atoms. The van der Waals surface area contributed by atoms with Gasteiger partial charge in [-0.1, -0.05) is 34.8 Å². The zero-order valence-electron chi connectivity index (χ0n) is 11.3. The number of benzene rings is 2. The van der Waals surface area contributed by atoms with E-state index in [1.54, 1.807) is 25.1 Å². The standard InChI is InChI=1S/C14H12Cl3NO2S/c1-9-7-10(15)4-6-13(9)18(2)21(19,20)14-8-11(16)3-5-12(14)17/h3-8H,1-2H3. The number of nitrogens with zero attached hydrogens (tertiary/aromatic N) is 1. The Labute approximate surface area is 139 Å². The summed E-state index contributed by atoms with van der Waals surface area (Å²) in [4.78, 5) is -0.0338. The molecule has 3 nitrogen and oxygen atoms in total. The topological polar surface area (TPSA) is 37.4 Å². The first-order chi connectivity index (χ1) is 9.73. The highest BCUT2D eigenvalue weighted by Crippen LogP contribution is 2.31. The molecular weight excluding hydrogens is 353 g/mol. The molecule has 0 heterocycles. The van der Waals surface area contributed by atoms with E-state index in [4.69, 9.17) is 34.8 Å². The Balaban J connectivity index is 2.55. The van der Waals surface area contributed by atoms with Crippen LogP contribution in [-0.4, -0.2) is 15.5 Å². The summed E-state index contributed by atoms with van der Waals surface area (Å²) in [5.74, 6) is 0. The van der Waals surface area contributed by atoms with Crippen LogP contribution >= 0.6 is 34.8 Å². The molecule has 0 aliphatic rings. The third-order valence-corrected chi connectivity index (χ3v) is 5.75. The fourth-order valence-corrected chi connectivity index (χ4v) is 4.15. The summed E-state index contributed by atoms with van der Waals surface area (Å²) in [6.45, 7) is 1.78. The highest BCUT2D eigenvalue weighted by atomic mass is 35.5. The molecule has 0 bridgehead atoms. The van der Waals surface area contributed by atoms with Crippen molar-refractivity contribution in [2.24, 2.45) is 0 Å². The van der Waals surface area contributed by atoms with Crippen LogP contribution < -0.4 is 4.31 Å². The Morgan fingerprint density at radius 2 is 1.52 bits per heavy atom. The summed E-state index contributed by atoms with van der Waals surface area (Å²) >= 11 is 17.8. The zero-order chi connectivity index (χ0) is 15.8. The fraction of sp³-hybridized carbons (Fsp3) is 0.143. The molecule has 2 rings (SSSR count). The molecule has 0 amide bonds. The van der Waals surface area contributed by atoms with Crippen molar-refractivity contribution in [2.45, 2.75) is 11.8 Å². The minimum Gasteiger partial charge on any atom is -0.269 e. The average molecular weight is 365 g/mol. The van der Waals surface area contributed by atoms with Gasteiger partial charge in [0.1, 0.15) is 4.90 Å². The van der Waals surface area contributed by atoms with Gasteiger partial charge in [0, 0.05) is 17.1 Å². The van der Waals surface area contributed by atoms with Crippen LogP contribution in [0.4, 0.5) is 5.69 Å². The molecule has 0 unspecified atom stereocenters. The van der Waals surface area contributed by atoms with E-state index < -0.39 is 10.0 Å². The minimum absolute atomic E-state index is 0.0338. The summed E-state index contributed by atoms with van der Waals surface area (Å²) < 4.78 is 26.5. The molecule has 112 valence electrons. The molecule has 0 atom stereocenters. The quantitative estimate of drug-likeness (QED) is 0.786. The van der Waals surface area contributed by atoms with Gasteiger partial charge in [0.05, 0.1) is 10.7 Å². The molecule has 0 N–H and O–H groups in total. The van der Waals surface area contributed by atoms with Gasteiger partial charge in [-0.2, -0.15) is 0 Å². The number of sulfonamides is 1. The largest absolute Gasteiger partial charge is 0.269 e. The molecule has 0 aromatic heterocycles. The van der Waals surface area contributed by atoms with Crippen molar-refractivity contribution in [1.82, 2.24) is 0 Å². The van der Waals surface area contributed by atoms with E-state index in [2.05, 4.69) is 0 Å². The van der Waals surface area contributed by atoms with Gasteiger partial charge < -0.3 is 0 Å². The number of halogens is 3. The molecule has 0 fully saturated rings. The summed E-state index contributed by atoms with van der Waals surface area (Å²) in [6.07, 6.45) is 0. The Bertz CT molecular complexity index is 791. The summed E-state index contributed by atoms with van der Waals surface area (Å²) in [7, 11) is -2.35. The lowest BCUT2D eigenvalue weighted by Crippen LogP contribution is -2.27. The number of hydrogen-bond donors (Lipinski definition) is 0. The van der Waals surface area contributed by atoms with Gasteiger partial charge in [-0.05, 0) is 48.9 Å². The van der Waals surface area contributed by atoms with Crippen LogP contribution in [0.3, 0.4) is 0 Å². The molecule has 0 saturated heterocycles. The summed E-state index contributed by atoms with van der Waals surface area (Å²) in [6, 6.07) is 9.31. The first-order valence-electron chi connectivity index (χ1n) is 5.93. The molecule has 7 heteroatoms. The van der Waals surface area contributed by atoms with Gasteiger partial charge in [-0.15, -0.1) is 0 Å². The van der Waals surface area contributed by atoms with E-state index >= 15 is 0 Å². The highest BCUT2D eigenvalue weighted by molar-refractivity contribution is 7.93. The van der Waals surface area contributed by atoms with E-state index in [1.807, 2.05) is 0 Å². The second-order valence-corrected chi connectivity index (χ2v) is 7.70. The fourth-order valence-electron chi connectivity index (χ4n) is 1.92. The maximum atomic E-state index is 12.7. The van der Waals surface area contributed by atoms with Crippen molar-refractivity contribution < 1.29 is 8.42 Å². The van der Waals surface area contributed by atoms with Gasteiger partial charge in [-0.25, -0.2) is 8.42 Å². The molecule has 0 saturated carbocycles. The third kappa shape index (κ3) is 3.29. The van der Waals surface area contributed by atoms with Crippen LogP contribution in [0.15, 0.2) is 41.3 Å². The van der Waals surface area contributed by atoms with E-state index in [1.165, 1.54) is 25.2 Å². The van der Waals surface area contributed by atoms with E-state index in [0.29, 0.717) is 15.7 Å². The normalized spacial score (nSPS) is 11.5. The Hall–Kier alpha value is -0.940. The van der Waals surface area contributed by atoms with Crippen molar-refractivity contribution >= 4 is 50.5 Å². The predicted octanol–water partition coefficient (Wildman–Crippen LogP) is 4.78. The molecule has 2 aromatic carbocycles. The maximum Gasteiger partial charge on any atom is 0.265 e. The number of anilines is 1. The zero-order valence-corrected chi connectivity index (χ0v) is 14.4. The highest BCUT2D eigenvalue weighted by Gasteiger charge is 2.25. The lowest BCUT2D eigenvalue weighted by atomic mass is 10.2. The van der Waals surface area contributed by atoms with Crippen molar-refractivity contribution in [2.75, 3.05) is 11.4 Å². The molecular formula is C14H12Cl3NO2S. The van der Waals surface area contributed by atoms with Gasteiger partial charge in [-0.3, -0.25) is 4.31 Å². The number of hydrogen-bond acceptors (Lipinski definition) is 2. The maximum absolute atomic E-state index is 12.7. The average Bonchev–Trinajstić information content (AvgIpc) is 2.40.